The molecule has 1 saturated heterocycles. The number of phenolic OH excluding ortho intramolecular Hbond substituents is 1. The number of carbonyl (C=O) groups is 8. The van der Waals surface area contributed by atoms with Crippen LogP contribution in [-0.2, 0) is 49.3 Å². The van der Waals surface area contributed by atoms with Crippen LogP contribution in [0.5, 0.6) is 11.5 Å². The van der Waals surface area contributed by atoms with Gasteiger partial charge in [0.2, 0.25) is 17.7 Å². The molecule has 0 saturated carbocycles. The second kappa shape index (κ2) is 26.9. The average molecular weight is 1030 g/mol. The number of amides is 8. The number of fused-ring (bicyclic) bond motifs is 2. The summed E-state index contributed by atoms with van der Waals surface area (Å²) in [6.45, 7) is 3.06. The third-order valence-corrected chi connectivity index (χ3v) is 12.1. The highest BCUT2D eigenvalue weighted by molar-refractivity contribution is 6.24. The molecule has 1 aromatic heterocycles. The van der Waals surface area contributed by atoms with Gasteiger partial charge in [0, 0.05) is 51.2 Å². The molecular formula is C51H59N7O16. The number of benzene rings is 3. The SMILES string of the molecule is CN(CCNC(=O)CCOCCOCCOCCOCCOCCNC(=O)COc1cccc2c1C(=O)N(C1CCC(=O)NC1=O)C2=O)C(=O)c1ccc(-c2cc(C(=O)N[C@@H]3CCc4ccccc43)no2)cc1O. The van der Waals surface area contributed by atoms with Crippen molar-refractivity contribution in [2.45, 2.75) is 44.2 Å². The van der Waals surface area contributed by atoms with Gasteiger partial charge in [0.1, 0.15) is 17.5 Å². The molecule has 1 aliphatic carbocycles. The largest absolute Gasteiger partial charge is 0.507 e. The predicted octanol–water partition coefficient (Wildman–Crippen LogP) is 1.72. The van der Waals surface area contributed by atoms with Crippen molar-refractivity contribution >= 4 is 47.3 Å². The molecule has 4 aromatic rings. The Morgan fingerprint density at radius 3 is 2.18 bits per heavy atom. The minimum absolute atomic E-state index is 0.00490. The molecule has 8 amide bonds. The van der Waals surface area contributed by atoms with Crippen LogP contribution in [0.1, 0.15) is 84.4 Å². The second-order valence-corrected chi connectivity index (χ2v) is 17.2. The van der Waals surface area contributed by atoms with Crippen LogP contribution in [0.3, 0.4) is 0 Å². The van der Waals surface area contributed by atoms with Crippen molar-refractivity contribution in [3.8, 4) is 22.8 Å². The summed E-state index contributed by atoms with van der Waals surface area (Å²) >= 11 is 0. The Kier molecular flexibility index (Phi) is 19.7. The summed E-state index contributed by atoms with van der Waals surface area (Å²) in [4.78, 5) is 103. The summed E-state index contributed by atoms with van der Waals surface area (Å²) in [5.41, 5.74) is 2.89. The Morgan fingerprint density at radius 1 is 0.770 bits per heavy atom. The highest BCUT2D eigenvalue weighted by atomic mass is 16.6. The number of rotatable bonds is 29. The number of nitrogens with one attached hydrogen (secondary N) is 4. The molecule has 74 heavy (non-hydrogen) atoms. The molecule has 3 aromatic carbocycles. The zero-order valence-electron chi connectivity index (χ0n) is 40.9. The Labute approximate surface area is 425 Å². The first-order valence-corrected chi connectivity index (χ1v) is 24.2. The van der Waals surface area contributed by atoms with Gasteiger partial charge in [-0.1, -0.05) is 41.6 Å². The Hall–Kier alpha value is -7.57. The molecule has 0 spiro atoms. The van der Waals surface area contributed by atoms with Gasteiger partial charge >= 0.3 is 0 Å². The molecule has 5 N–H and O–H groups in total. The third kappa shape index (κ3) is 14.6. The summed E-state index contributed by atoms with van der Waals surface area (Å²) in [7, 11) is 1.56. The zero-order chi connectivity index (χ0) is 52.4. The zero-order valence-corrected chi connectivity index (χ0v) is 40.9. The normalized spacial score (nSPS) is 15.9. The van der Waals surface area contributed by atoms with E-state index in [4.69, 9.17) is 32.9 Å². The van der Waals surface area contributed by atoms with E-state index in [-0.39, 0.29) is 123 Å². The van der Waals surface area contributed by atoms with Crippen LogP contribution in [0.4, 0.5) is 0 Å². The standard InChI is InChI=1S/C51H59N7O16/c1-57(49(65)35-11-9-33(29-40(35)59)42-30-38(56-74-42)47(63)54-37-12-10-32-5-2-3-6-34(32)37)18-16-52-43(60)15-19-68-21-23-70-25-27-72-28-26-71-24-22-69-20-17-53-45(62)31-73-41-8-4-7-36-46(41)51(67)58(50(36)66)39-13-14-44(61)55-48(39)64/h2-9,11,29-30,37,39,59H,10,12-28,31H2,1H3,(H,52,60)(H,53,62)(H,54,63)(H,55,61,64)/t37-,39?/m1/s1. The maximum Gasteiger partial charge on any atom is 0.273 e. The van der Waals surface area contributed by atoms with E-state index in [0.717, 1.165) is 23.3 Å². The molecule has 0 bridgehead atoms. The predicted molar refractivity (Wildman–Crippen MR) is 259 cm³/mol. The van der Waals surface area contributed by atoms with E-state index in [1.165, 1.54) is 46.9 Å². The van der Waals surface area contributed by atoms with Gasteiger partial charge < -0.3 is 58.9 Å². The summed E-state index contributed by atoms with van der Waals surface area (Å²) in [6, 6.07) is 17.0. The van der Waals surface area contributed by atoms with Crippen LogP contribution in [0.15, 0.2) is 71.3 Å². The van der Waals surface area contributed by atoms with Gasteiger partial charge in [-0.05, 0) is 54.7 Å². The number of aryl methyl sites for hydroxylation is 1. The molecule has 23 heteroatoms. The molecule has 394 valence electrons. The Bertz CT molecular complexity index is 2670. The minimum Gasteiger partial charge on any atom is -0.507 e. The van der Waals surface area contributed by atoms with E-state index in [1.54, 1.807) is 13.1 Å². The van der Waals surface area contributed by atoms with Gasteiger partial charge in [-0.2, -0.15) is 0 Å². The van der Waals surface area contributed by atoms with Crippen LogP contribution < -0.4 is 26.0 Å². The van der Waals surface area contributed by atoms with Crippen molar-refractivity contribution in [2.24, 2.45) is 0 Å². The van der Waals surface area contributed by atoms with Gasteiger partial charge in [-0.3, -0.25) is 48.6 Å². The lowest BCUT2D eigenvalue weighted by Gasteiger charge is -2.27. The molecule has 0 radical (unpaired) electrons. The van der Waals surface area contributed by atoms with Gasteiger partial charge in [-0.15, -0.1) is 0 Å². The van der Waals surface area contributed by atoms with Gasteiger partial charge in [0.05, 0.1) is 88.8 Å². The number of hydrogen-bond donors (Lipinski definition) is 5. The first kappa shape index (κ1) is 54.2. The fourth-order valence-corrected chi connectivity index (χ4v) is 8.29. The van der Waals surface area contributed by atoms with Gasteiger partial charge in [0.25, 0.3) is 29.5 Å². The number of imide groups is 2. The fraction of sp³-hybridized carbons (Fsp3) is 0.431. The van der Waals surface area contributed by atoms with Gasteiger partial charge in [0.15, 0.2) is 18.1 Å². The summed E-state index contributed by atoms with van der Waals surface area (Å²) in [5, 5.41) is 25.2. The number of likely N-dealkylation sites (N-methyl/N-ethyl adjacent to an activating group) is 1. The van der Waals surface area contributed by atoms with E-state index < -0.39 is 48.1 Å². The molecule has 2 aliphatic heterocycles. The maximum absolute atomic E-state index is 13.2. The topological polar surface area (TPSA) is 293 Å². The molecule has 23 nitrogen and oxygen atoms in total. The molecule has 7 rings (SSSR count). The monoisotopic (exact) mass is 1030 g/mol. The number of hydrogen-bond acceptors (Lipinski definition) is 17. The molecule has 3 aliphatic rings. The van der Waals surface area contributed by atoms with Crippen LogP contribution >= 0.6 is 0 Å². The summed E-state index contributed by atoms with van der Waals surface area (Å²) < 4.78 is 38.4. The molecular weight excluding hydrogens is 967 g/mol. The number of piperidine rings is 1. The Morgan fingerprint density at radius 2 is 1.46 bits per heavy atom. The van der Waals surface area contributed by atoms with Crippen LogP contribution in [0.2, 0.25) is 0 Å². The van der Waals surface area contributed by atoms with E-state index in [1.807, 2.05) is 18.2 Å². The fourth-order valence-electron chi connectivity index (χ4n) is 8.29. The minimum atomic E-state index is -1.12. The van der Waals surface area contributed by atoms with Gasteiger partial charge in [-0.25, -0.2) is 0 Å². The van der Waals surface area contributed by atoms with E-state index in [2.05, 4.69) is 32.5 Å². The number of nitrogens with zero attached hydrogens (tertiary/aromatic N) is 3. The molecule has 1 fully saturated rings. The number of ether oxygens (including phenoxy) is 6. The average Bonchev–Trinajstić information content (AvgIpc) is 4.12. The summed E-state index contributed by atoms with van der Waals surface area (Å²) in [6.07, 6.45) is 1.81. The quantitative estimate of drug-likeness (QED) is 0.0382. The molecule has 2 atom stereocenters. The highest BCUT2D eigenvalue weighted by Crippen LogP contribution is 2.34. The molecule has 3 heterocycles. The lowest BCUT2D eigenvalue weighted by atomic mass is 10.0. The van der Waals surface area contributed by atoms with Crippen LogP contribution in [0, 0.1) is 0 Å². The van der Waals surface area contributed by atoms with E-state index >= 15 is 0 Å². The van der Waals surface area contributed by atoms with Crippen molar-refractivity contribution in [2.75, 3.05) is 99.4 Å². The van der Waals surface area contributed by atoms with E-state index in [0.29, 0.717) is 45.2 Å². The number of aromatic nitrogens is 1. The molecule has 1 unspecified atom stereocenters. The van der Waals surface area contributed by atoms with Crippen LogP contribution in [0.25, 0.3) is 11.3 Å². The third-order valence-electron chi connectivity index (χ3n) is 12.1. The van der Waals surface area contributed by atoms with Crippen molar-refractivity contribution in [3.63, 3.8) is 0 Å². The maximum atomic E-state index is 13.2. The van der Waals surface area contributed by atoms with Crippen molar-refractivity contribution in [1.29, 1.82) is 0 Å². The van der Waals surface area contributed by atoms with Crippen molar-refractivity contribution in [1.82, 2.24) is 36.2 Å². The first-order valence-electron chi connectivity index (χ1n) is 24.2. The lowest BCUT2D eigenvalue weighted by Crippen LogP contribution is -2.54. The summed E-state index contributed by atoms with van der Waals surface area (Å²) in [5.74, 6) is -4.16. The second-order valence-electron chi connectivity index (χ2n) is 17.2. The number of carbonyl (C=O) groups excluding carboxylic acids is 8. The number of aromatic hydroxyl groups is 1. The van der Waals surface area contributed by atoms with Crippen molar-refractivity contribution < 1.29 is 76.4 Å². The van der Waals surface area contributed by atoms with Crippen LogP contribution in [-0.4, -0.2) is 173 Å². The number of phenols is 1. The van der Waals surface area contributed by atoms with Crippen molar-refractivity contribution in [3.05, 3.63) is 100 Å². The lowest BCUT2D eigenvalue weighted by molar-refractivity contribution is -0.136. The first-order chi connectivity index (χ1) is 35.9. The Balaban J connectivity index is 0.638. The van der Waals surface area contributed by atoms with E-state index in [9.17, 15) is 43.5 Å². The highest BCUT2D eigenvalue weighted by Gasteiger charge is 2.46. The smallest absolute Gasteiger partial charge is 0.273 e.